The van der Waals surface area contributed by atoms with Crippen molar-refractivity contribution < 1.29 is 4.42 Å². The van der Waals surface area contributed by atoms with Crippen LogP contribution in [0.15, 0.2) is 22.6 Å². The molecule has 2 N–H and O–H groups in total. The Hall–Kier alpha value is -1.55. The van der Waals surface area contributed by atoms with Crippen LogP contribution in [0.4, 0.5) is 5.69 Å². The van der Waals surface area contributed by atoms with Crippen molar-refractivity contribution in [3.8, 4) is 0 Å². The van der Waals surface area contributed by atoms with Crippen LogP contribution < -0.4 is 5.73 Å². The van der Waals surface area contributed by atoms with Gasteiger partial charge in [-0.25, -0.2) is 4.98 Å². The molecule has 20 heavy (non-hydrogen) atoms. The maximum Gasteiger partial charge on any atom is 0.209 e. The van der Waals surface area contributed by atoms with E-state index in [-0.39, 0.29) is 0 Å². The molecule has 1 aliphatic heterocycles. The number of fused-ring (bicyclic) bond motifs is 2. The third-order valence-corrected chi connectivity index (χ3v) is 4.92. The Kier molecular flexibility index (Phi) is 2.91. The average Bonchev–Trinajstić information content (AvgIpc) is 3.03. The van der Waals surface area contributed by atoms with E-state index in [4.69, 9.17) is 10.2 Å². The van der Waals surface area contributed by atoms with Crippen LogP contribution in [0.25, 0.3) is 11.1 Å². The van der Waals surface area contributed by atoms with E-state index < -0.39 is 0 Å². The van der Waals surface area contributed by atoms with Gasteiger partial charge < -0.3 is 10.2 Å². The maximum atomic E-state index is 5.86. The van der Waals surface area contributed by atoms with Gasteiger partial charge in [0.1, 0.15) is 5.52 Å². The molecule has 2 atom stereocenters. The Morgan fingerprint density at radius 2 is 2.15 bits per heavy atom. The predicted octanol–water partition coefficient (Wildman–Crippen LogP) is 3.17. The smallest absolute Gasteiger partial charge is 0.209 e. The number of nitrogens with zero attached hydrogens (tertiary/aromatic N) is 2. The average molecular weight is 271 g/mol. The number of rotatable bonds is 2. The Bertz CT molecular complexity index is 621. The second-order valence-corrected chi connectivity index (χ2v) is 6.21. The minimum Gasteiger partial charge on any atom is -0.439 e. The molecule has 0 bridgehead atoms. The molecule has 2 heterocycles. The zero-order valence-electron chi connectivity index (χ0n) is 11.7. The number of hydrogen-bond acceptors (Lipinski definition) is 4. The fourth-order valence-electron chi connectivity index (χ4n) is 3.93. The second kappa shape index (κ2) is 4.77. The maximum absolute atomic E-state index is 5.86. The molecule has 1 aromatic heterocycles. The number of likely N-dealkylation sites (tertiary alicyclic amines) is 1. The number of nitrogen functional groups attached to an aromatic ring is 1. The van der Waals surface area contributed by atoms with Gasteiger partial charge in [0.25, 0.3) is 0 Å². The van der Waals surface area contributed by atoms with E-state index in [9.17, 15) is 0 Å². The molecule has 1 saturated heterocycles. The Labute approximate surface area is 118 Å². The minimum absolute atomic E-state index is 0.742. The van der Waals surface area contributed by atoms with Gasteiger partial charge in [0.2, 0.25) is 5.89 Å². The van der Waals surface area contributed by atoms with Gasteiger partial charge in [0.05, 0.1) is 6.54 Å². The summed E-state index contributed by atoms with van der Waals surface area (Å²) in [5.74, 6) is 1.74. The summed E-state index contributed by atoms with van der Waals surface area (Å²) >= 11 is 0. The van der Waals surface area contributed by atoms with E-state index in [1.54, 1.807) is 0 Å². The number of hydrogen-bond donors (Lipinski definition) is 1. The van der Waals surface area contributed by atoms with Crippen LogP contribution in [-0.2, 0) is 6.54 Å². The van der Waals surface area contributed by atoms with Gasteiger partial charge in [-0.15, -0.1) is 0 Å². The van der Waals surface area contributed by atoms with Crippen molar-refractivity contribution in [2.75, 3.05) is 12.3 Å². The SMILES string of the molecule is Nc1ccc2oc(CN3CCC4CCCCC43)nc2c1. The van der Waals surface area contributed by atoms with Gasteiger partial charge in [-0.2, -0.15) is 0 Å². The Morgan fingerprint density at radius 1 is 1.25 bits per heavy atom. The molecule has 4 nitrogen and oxygen atoms in total. The van der Waals surface area contributed by atoms with Gasteiger partial charge >= 0.3 is 0 Å². The highest BCUT2D eigenvalue weighted by Gasteiger charge is 2.36. The fraction of sp³-hybridized carbons (Fsp3) is 0.562. The summed E-state index contributed by atoms with van der Waals surface area (Å²) in [5.41, 5.74) is 8.25. The molecule has 0 spiro atoms. The van der Waals surface area contributed by atoms with Crippen molar-refractivity contribution in [3.63, 3.8) is 0 Å². The highest BCUT2D eigenvalue weighted by molar-refractivity contribution is 5.76. The third-order valence-electron chi connectivity index (χ3n) is 4.92. The van der Waals surface area contributed by atoms with Crippen molar-refractivity contribution in [1.82, 2.24) is 9.88 Å². The largest absolute Gasteiger partial charge is 0.439 e. The van der Waals surface area contributed by atoms with Crippen molar-refractivity contribution in [2.24, 2.45) is 5.92 Å². The summed E-state index contributed by atoms with van der Waals surface area (Å²) in [6.45, 7) is 2.03. The number of benzene rings is 1. The number of oxazole rings is 1. The molecule has 0 radical (unpaired) electrons. The highest BCUT2D eigenvalue weighted by Crippen LogP contribution is 2.37. The van der Waals surface area contributed by atoms with E-state index in [0.717, 1.165) is 41.2 Å². The lowest BCUT2D eigenvalue weighted by Gasteiger charge is -2.30. The van der Waals surface area contributed by atoms with Gasteiger partial charge in [-0.1, -0.05) is 12.8 Å². The monoisotopic (exact) mass is 271 g/mol. The van der Waals surface area contributed by atoms with Crippen molar-refractivity contribution in [2.45, 2.75) is 44.7 Å². The molecular formula is C16H21N3O. The fourth-order valence-corrected chi connectivity index (χ4v) is 3.93. The lowest BCUT2D eigenvalue weighted by atomic mass is 9.85. The lowest BCUT2D eigenvalue weighted by molar-refractivity contribution is 0.164. The molecule has 1 aromatic carbocycles. The lowest BCUT2D eigenvalue weighted by Crippen LogP contribution is -2.34. The number of anilines is 1. The standard InChI is InChI=1S/C16H21N3O/c17-12-5-6-15-13(9-12)18-16(20-15)10-19-8-7-11-3-1-2-4-14(11)19/h5-6,9,11,14H,1-4,7-8,10,17H2. The summed E-state index contributed by atoms with van der Waals surface area (Å²) < 4.78 is 5.86. The van der Waals surface area contributed by atoms with E-state index in [0.29, 0.717) is 0 Å². The van der Waals surface area contributed by atoms with E-state index in [1.807, 2.05) is 18.2 Å². The Balaban J connectivity index is 1.55. The topological polar surface area (TPSA) is 55.3 Å². The third kappa shape index (κ3) is 2.08. The number of aromatic nitrogens is 1. The first-order valence-corrected chi connectivity index (χ1v) is 7.68. The van der Waals surface area contributed by atoms with Gasteiger partial charge in [-0.3, -0.25) is 4.90 Å². The minimum atomic E-state index is 0.742. The van der Waals surface area contributed by atoms with Crippen molar-refractivity contribution in [3.05, 3.63) is 24.1 Å². The molecule has 106 valence electrons. The first-order valence-electron chi connectivity index (χ1n) is 7.68. The molecule has 2 fully saturated rings. The molecule has 2 aliphatic rings. The highest BCUT2D eigenvalue weighted by atomic mass is 16.3. The zero-order chi connectivity index (χ0) is 13.5. The molecular weight excluding hydrogens is 250 g/mol. The second-order valence-electron chi connectivity index (χ2n) is 6.21. The summed E-state index contributed by atoms with van der Waals surface area (Å²) in [6, 6.07) is 6.41. The zero-order valence-corrected chi connectivity index (χ0v) is 11.7. The van der Waals surface area contributed by atoms with Crippen LogP contribution >= 0.6 is 0 Å². The molecule has 0 amide bonds. The van der Waals surface area contributed by atoms with E-state index in [1.165, 1.54) is 38.6 Å². The van der Waals surface area contributed by atoms with Gasteiger partial charge in [0.15, 0.2) is 5.58 Å². The first-order chi connectivity index (χ1) is 9.79. The molecule has 1 saturated carbocycles. The normalized spacial score (nSPS) is 27.0. The molecule has 1 aliphatic carbocycles. The molecule has 4 rings (SSSR count). The van der Waals surface area contributed by atoms with Crippen LogP contribution in [0.5, 0.6) is 0 Å². The van der Waals surface area contributed by atoms with Crippen molar-refractivity contribution >= 4 is 16.8 Å². The van der Waals surface area contributed by atoms with Crippen LogP contribution in [-0.4, -0.2) is 22.5 Å². The van der Waals surface area contributed by atoms with Crippen molar-refractivity contribution in [1.29, 1.82) is 0 Å². The summed E-state index contributed by atoms with van der Waals surface area (Å²) in [4.78, 5) is 7.15. The molecule has 4 heteroatoms. The van der Waals surface area contributed by atoms with Crippen LogP contribution in [0.1, 0.15) is 38.0 Å². The van der Waals surface area contributed by atoms with Gasteiger partial charge in [0, 0.05) is 11.7 Å². The first kappa shape index (κ1) is 12.2. The van der Waals surface area contributed by atoms with E-state index >= 15 is 0 Å². The number of nitrogens with two attached hydrogens (primary N) is 1. The van der Waals surface area contributed by atoms with Crippen LogP contribution in [0, 0.1) is 5.92 Å². The molecule has 2 unspecified atom stereocenters. The van der Waals surface area contributed by atoms with Crippen LogP contribution in [0.2, 0.25) is 0 Å². The summed E-state index contributed by atoms with van der Waals surface area (Å²) in [6.07, 6.45) is 6.89. The summed E-state index contributed by atoms with van der Waals surface area (Å²) in [7, 11) is 0. The summed E-state index contributed by atoms with van der Waals surface area (Å²) in [5, 5.41) is 0. The Morgan fingerprint density at radius 3 is 3.10 bits per heavy atom. The quantitative estimate of drug-likeness (QED) is 0.852. The predicted molar refractivity (Wildman–Crippen MR) is 79.2 cm³/mol. The van der Waals surface area contributed by atoms with Crippen LogP contribution in [0.3, 0.4) is 0 Å². The molecule has 2 aromatic rings. The van der Waals surface area contributed by atoms with Gasteiger partial charge in [-0.05, 0) is 49.9 Å². The van der Waals surface area contributed by atoms with E-state index in [2.05, 4.69) is 9.88 Å².